The fourth-order valence-corrected chi connectivity index (χ4v) is 8.84. The van der Waals surface area contributed by atoms with Crippen molar-refractivity contribution in [2.24, 2.45) is 17.8 Å². The van der Waals surface area contributed by atoms with Gasteiger partial charge in [-0.2, -0.15) is 0 Å². The maximum Gasteiger partial charge on any atom is 0.328 e. The minimum Gasteiger partial charge on any atom is -0.489 e. The van der Waals surface area contributed by atoms with Crippen LogP contribution in [0.5, 0.6) is 5.75 Å². The molecule has 0 atom stereocenters. The number of benzene rings is 3. The smallest absolute Gasteiger partial charge is 0.328 e. The lowest BCUT2D eigenvalue weighted by atomic mass is 9.48. The van der Waals surface area contributed by atoms with E-state index in [1.165, 1.54) is 44.1 Å². The van der Waals surface area contributed by atoms with Crippen LogP contribution < -0.4 is 4.74 Å². The van der Waals surface area contributed by atoms with Crippen LogP contribution in [-0.2, 0) is 23.2 Å². The third kappa shape index (κ3) is 5.12. The van der Waals surface area contributed by atoms with Crippen LogP contribution in [0.15, 0.2) is 60.7 Å². The maximum atomic E-state index is 11.1. The van der Waals surface area contributed by atoms with Crippen molar-refractivity contribution in [1.29, 1.82) is 0 Å². The van der Waals surface area contributed by atoms with Gasteiger partial charge in [-0.3, -0.25) is 0 Å². The Morgan fingerprint density at radius 1 is 1.00 bits per heavy atom. The van der Waals surface area contributed by atoms with Gasteiger partial charge in [0, 0.05) is 17.2 Å². The first-order valence-electron chi connectivity index (χ1n) is 14.1. The summed E-state index contributed by atoms with van der Waals surface area (Å²) in [5.74, 6) is 2.39. The van der Waals surface area contributed by atoms with Gasteiger partial charge in [0.05, 0.1) is 10.0 Å². The zero-order chi connectivity index (χ0) is 27.1. The molecule has 39 heavy (non-hydrogen) atoms. The van der Waals surface area contributed by atoms with E-state index in [1.54, 1.807) is 6.08 Å². The molecule has 4 bridgehead atoms. The number of halogens is 2. The lowest BCUT2D eigenvalue weighted by Crippen LogP contribution is -2.48. The fraction of sp³-hybridized carbons (Fsp3) is 0.382. The molecule has 4 aliphatic rings. The molecule has 3 aromatic rings. The van der Waals surface area contributed by atoms with E-state index in [4.69, 9.17) is 33.0 Å². The van der Waals surface area contributed by atoms with E-state index in [9.17, 15) is 4.79 Å². The van der Waals surface area contributed by atoms with Crippen molar-refractivity contribution < 1.29 is 14.6 Å². The summed E-state index contributed by atoms with van der Waals surface area (Å²) < 4.78 is 6.55. The predicted octanol–water partition coefficient (Wildman–Crippen LogP) is 9.37. The number of ether oxygens (including phenoxy) is 1. The second-order valence-corrected chi connectivity index (χ2v) is 12.6. The molecule has 0 amide bonds. The second-order valence-electron chi connectivity index (χ2n) is 11.8. The lowest BCUT2D eigenvalue weighted by molar-refractivity contribution is -0.131. The Morgan fingerprint density at radius 3 is 2.28 bits per heavy atom. The Bertz CT molecular complexity index is 1390. The molecular weight excluding hydrogens is 527 g/mol. The van der Waals surface area contributed by atoms with Crippen molar-refractivity contribution in [1.82, 2.24) is 0 Å². The van der Waals surface area contributed by atoms with Gasteiger partial charge in [-0.1, -0.05) is 66.5 Å². The van der Waals surface area contributed by atoms with Crippen LogP contribution in [0.1, 0.15) is 67.7 Å². The summed E-state index contributed by atoms with van der Waals surface area (Å²) in [6.45, 7) is 2.56. The highest BCUT2D eigenvalue weighted by Gasteiger charge is 2.52. The summed E-state index contributed by atoms with van der Waals surface area (Å²) >= 11 is 13.9. The molecule has 4 saturated carbocycles. The molecule has 7 rings (SSSR count). The number of rotatable bonds is 8. The van der Waals surface area contributed by atoms with E-state index in [0.717, 1.165) is 57.4 Å². The number of hydrogen-bond donors (Lipinski definition) is 1. The van der Waals surface area contributed by atoms with E-state index < -0.39 is 5.97 Å². The summed E-state index contributed by atoms with van der Waals surface area (Å²) in [6.07, 6.45) is 11.2. The number of hydrogen-bond acceptors (Lipinski definition) is 2. The molecule has 0 aromatic heterocycles. The Hall–Kier alpha value is -2.75. The molecule has 4 aliphatic carbocycles. The van der Waals surface area contributed by atoms with Crippen molar-refractivity contribution in [3.05, 3.63) is 93.0 Å². The molecule has 0 radical (unpaired) electrons. The zero-order valence-electron chi connectivity index (χ0n) is 22.3. The number of carbonyl (C=O) groups is 1. The molecule has 202 valence electrons. The molecule has 3 aromatic carbocycles. The average molecular weight is 562 g/mol. The Labute approximate surface area is 240 Å². The summed E-state index contributed by atoms with van der Waals surface area (Å²) in [5, 5.41) is 10.2. The van der Waals surface area contributed by atoms with E-state index >= 15 is 0 Å². The third-order valence-electron chi connectivity index (χ3n) is 9.23. The molecular formula is C34H34Cl2O3. The van der Waals surface area contributed by atoms with Gasteiger partial charge < -0.3 is 9.84 Å². The van der Waals surface area contributed by atoms with Crippen LogP contribution in [0, 0.1) is 17.8 Å². The van der Waals surface area contributed by atoms with E-state index in [0.29, 0.717) is 23.1 Å². The number of carboxylic acid groups (broad SMARTS) is 1. The van der Waals surface area contributed by atoms with Crippen molar-refractivity contribution in [2.75, 3.05) is 0 Å². The summed E-state index contributed by atoms with van der Waals surface area (Å²) in [6, 6.07) is 18.7. The van der Waals surface area contributed by atoms with Crippen LogP contribution >= 0.6 is 23.2 Å². The lowest BCUT2D eigenvalue weighted by Gasteiger charge is -2.57. The highest BCUT2D eigenvalue weighted by atomic mass is 35.5. The predicted molar refractivity (Wildman–Crippen MR) is 159 cm³/mol. The molecule has 1 N–H and O–H groups in total. The molecule has 0 unspecified atom stereocenters. The largest absolute Gasteiger partial charge is 0.489 e. The van der Waals surface area contributed by atoms with Crippen LogP contribution in [0.3, 0.4) is 0 Å². The first kappa shape index (κ1) is 26.5. The van der Waals surface area contributed by atoms with Gasteiger partial charge in [0.2, 0.25) is 0 Å². The third-order valence-corrected chi connectivity index (χ3v) is 9.94. The van der Waals surface area contributed by atoms with Gasteiger partial charge in [-0.05, 0) is 115 Å². The van der Waals surface area contributed by atoms with E-state index in [1.807, 2.05) is 31.2 Å². The molecule has 0 saturated heterocycles. The van der Waals surface area contributed by atoms with Crippen LogP contribution in [0.25, 0.3) is 17.2 Å². The fourth-order valence-electron chi connectivity index (χ4n) is 8.01. The van der Waals surface area contributed by atoms with Gasteiger partial charge in [-0.25, -0.2) is 4.79 Å². The quantitative estimate of drug-likeness (QED) is 0.279. The minimum atomic E-state index is -1.00. The van der Waals surface area contributed by atoms with Crippen molar-refractivity contribution in [3.8, 4) is 16.9 Å². The van der Waals surface area contributed by atoms with Crippen LogP contribution in [0.2, 0.25) is 10.0 Å². The SMILES string of the molecule is CCc1c(C=CC(=O)O)cc(Cl)c(-c2ccc(OCc3ccccc3)c(C34CC5CC(CC(C5)C3)C4)c2)c1Cl. The number of carboxylic acids is 1. The number of aliphatic carboxylic acids is 1. The van der Waals surface area contributed by atoms with Gasteiger partial charge in [0.25, 0.3) is 0 Å². The highest BCUT2D eigenvalue weighted by Crippen LogP contribution is 2.62. The van der Waals surface area contributed by atoms with Crippen molar-refractivity contribution >= 4 is 35.2 Å². The molecule has 0 aliphatic heterocycles. The van der Waals surface area contributed by atoms with Gasteiger partial charge >= 0.3 is 5.97 Å². The first-order valence-corrected chi connectivity index (χ1v) is 14.8. The van der Waals surface area contributed by atoms with Crippen LogP contribution in [-0.4, -0.2) is 11.1 Å². The zero-order valence-corrected chi connectivity index (χ0v) is 23.8. The minimum absolute atomic E-state index is 0.132. The average Bonchev–Trinajstić information content (AvgIpc) is 2.91. The van der Waals surface area contributed by atoms with Crippen molar-refractivity contribution in [2.45, 2.75) is 63.9 Å². The second kappa shape index (κ2) is 10.7. The molecule has 3 nitrogen and oxygen atoms in total. The van der Waals surface area contributed by atoms with E-state index in [-0.39, 0.29) is 5.41 Å². The van der Waals surface area contributed by atoms with E-state index in [2.05, 4.69) is 30.3 Å². The molecule has 0 heterocycles. The van der Waals surface area contributed by atoms with Gasteiger partial charge in [0.15, 0.2) is 0 Å². The molecule has 0 spiro atoms. The topological polar surface area (TPSA) is 46.5 Å². The summed E-state index contributed by atoms with van der Waals surface area (Å²) in [7, 11) is 0. The van der Waals surface area contributed by atoms with Gasteiger partial charge in [-0.15, -0.1) is 0 Å². The Kier molecular flexibility index (Phi) is 7.24. The Balaban J connectivity index is 1.45. The maximum absolute atomic E-state index is 11.1. The highest BCUT2D eigenvalue weighted by molar-refractivity contribution is 6.40. The normalized spacial score (nSPS) is 25.4. The molecule has 4 fully saturated rings. The molecule has 5 heteroatoms. The van der Waals surface area contributed by atoms with Crippen LogP contribution in [0.4, 0.5) is 0 Å². The standard InChI is InChI=1S/C34H34Cl2O3/c1-2-27-25(9-11-31(37)38)16-29(35)32(33(27)36)26-8-10-30(39-20-21-6-4-3-5-7-21)28(15-26)34-17-22-12-23(18-34)14-24(13-22)19-34/h3-11,15-16,22-24H,2,12-14,17-20H2,1H3,(H,37,38). The Morgan fingerprint density at radius 2 is 1.67 bits per heavy atom. The summed E-state index contributed by atoms with van der Waals surface area (Å²) in [4.78, 5) is 11.1. The summed E-state index contributed by atoms with van der Waals surface area (Å²) in [5.41, 5.74) is 6.02. The monoisotopic (exact) mass is 560 g/mol. The van der Waals surface area contributed by atoms with Crippen molar-refractivity contribution in [3.63, 3.8) is 0 Å². The van der Waals surface area contributed by atoms with Gasteiger partial charge in [0.1, 0.15) is 12.4 Å². The first-order chi connectivity index (χ1) is 18.8.